The van der Waals surface area contributed by atoms with Crippen molar-refractivity contribution in [2.24, 2.45) is 0 Å². The molecule has 0 saturated carbocycles. The van der Waals surface area contributed by atoms with Gasteiger partial charge in [0.1, 0.15) is 0 Å². The number of urea groups is 1. The van der Waals surface area contributed by atoms with Crippen molar-refractivity contribution in [3.8, 4) is 6.07 Å². The first kappa shape index (κ1) is 22.5. The summed E-state index contributed by atoms with van der Waals surface area (Å²) in [6, 6.07) is 17.2. The number of hydrogen-bond acceptors (Lipinski definition) is 4. The standard InChI is InChI=1S/C24H16F3N5O2/c25-24(26,27)16-2-1-3-17(11-16)29-23(34)30-18-8-9-19-20(12-18)22(33)32-31-21(19)10-14-4-6-15(13-28)7-5-14/h1-9,11-12H,10H2,(H,32,33)(H2,29,30,34). The third-order valence-corrected chi connectivity index (χ3v) is 5.03. The third-order valence-electron chi connectivity index (χ3n) is 5.03. The highest BCUT2D eigenvalue weighted by molar-refractivity contribution is 6.01. The molecule has 0 atom stereocenters. The van der Waals surface area contributed by atoms with Crippen LogP contribution in [0, 0.1) is 11.3 Å². The Morgan fingerprint density at radius 3 is 2.35 bits per heavy atom. The van der Waals surface area contributed by atoms with Crippen molar-refractivity contribution >= 4 is 28.2 Å². The monoisotopic (exact) mass is 463 g/mol. The Morgan fingerprint density at radius 2 is 1.68 bits per heavy atom. The fraction of sp³-hybridized carbons (Fsp3) is 0.0833. The summed E-state index contributed by atoms with van der Waals surface area (Å²) in [6.07, 6.45) is -4.13. The topological polar surface area (TPSA) is 111 Å². The molecule has 10 heteroatoms. The lowest BCUT2D eigenvalue weighted by Gasteiger charge is -2.11. The molecule has 0 radical (unpaired) electrons. The smallest absolute Gasteiger partial charge is 0.308 e. The Bertz CT molecular complexity index is 1470. The van der Waals surface area contributed by atoms with Crippen molar-refractivity contribution in [3.63, 3.8) is 0 Å². The maximum atomic E-state index is 12.9. The van der Waals surface area contributed by atoms with E-state index in [1.807, 2.05) is 6.07 Å². The summed E-state index contributed by atoms with van der Waals surface area (Å²) in [6.45, 7) is 0. The Balaban J connectivity index is 1.54. The average Bonchev–Trinajstić information content (AvgIpc) is 2.81. The molecule has 0 aliphatic heterocycles. The van der Waals surface area contributed by atoms with Gasteiger partial charge in [0.25, 0.3) is 5.56 Å². The van der Waals surface area contributed by atoms with Crippen LogP contribution in [0.1, 0.15) is 22.4 Å². The van der Waals surface area contributed by atoms with Crippen molar-refractivity contribution in [3.05, 3.63) is 99.5 Å². The van der Waals surface area contributed by atoms with Crippen LogP contribution in [0.25, 0.3) is 10.8 Å². The van der Waals surface area contributed by atoms with Gasteiger partial charge in [-0.1, -0.05) is 24.3 Å². The van der Waals surface area contributed by atoms with E-state index in [0.717, 1.165) is 17.7 Å². The van der Waals surface area contributed by atoms with Crippen LogP contribution < -0.4 is 16.2 Å². The van der Waals surface area contributed by atoms with E-state index >= 15 is 0 Å². The SMILES string of the molecule is N#Cc1ccc(Cc2n[nH]c(=O)c3cc(NC(=O)Nc4cccc(C(F)(F)F)c4)ccc23)cc1. The quantitative estimate of drug-likeness (QED) is 0.393. The van der Waals surface area contributed by atoms with Crippen LogP contribution in [0.5, 0.6) is 0 Å². The third kappa shape index (κ3) is 5.05. The number of amides is 2. The minimum absolute atomic E-state index is 0.0279. The number of carbonyl (C=O) groups excluding carboxylic acids is 1. The van der Waals surface area contributed by atoms with Gasteiger partial charge in [0.15, 0.2) is 0 Å². The largest absolute Gasteiger partial charge is 0.416 e. The lowest BCUT2D eigenvalue weighted by Crippen LogP contribution is -2.20. The number of H-pyrrole nitrogens is 1. The first-order valence-corrected chi connectivity index (χ1v) is 9.98. The molecular weight excluding hydrogens is 447 g/mol. The van der Waals surface area contributed by atoms with Gasteiger partial charge in [-0.2, -0.15) is 23.5 Å². The van der Waals surface area contributed by atoms with Gasteiger partial charge >= 0.3 is 12.2 Å². The Hall–Kier alpha value is -4.65. The number of benzene rings is 3. The molecule has 3 aromatic carbocycles. The van der Waals surface area contributed by atoms with Gasteiger partial charge in [-0.3, -0.25) is 4.79 Å². The number of aromatic amines is 1. The number of aromatic nitrogens is 2. The van der Waals surface area contributed by atoms with Crippen molar-refractivity contribution in [1.82, 2.24) is 10.2 Å². The van der Waals surface area contributed by atoms with E-state index in [2.05, 4.69) is 20.8 Å². The molecule has 3 N–H and O–H groups in total. The number of halogens is 3. The zero-order valence-corrected chi connectivity index (χ0v) is 17.4. The van der Waals surface area contributed by atoms with Crippen molar-refractivity contribution < 1.29 is 18.0 Å². The van der Waals surface area contributed by atoms with Crippen molar-refractivity contribution in [2.75, 3.05) is 10.6 Å². The molecule has 1 heterocycles. The predicted octanol–water partition coefficient (Wildman–Crippen LogP) is 5.05. The minimum atomic E-state index is -4.53. The zero-order chi connectivity index (χ0) is 24.3. The van der Waals surface area contributed by atoms with Gasteiger partial charge in [-0.15, -0.1) is 0 Å². The Morgan fingerprint density at radius 1 is 0.971 bits per heavy atom. The average molecular weight is 463 g/mol. The Kier molecular flexibility index (Phi) is 6.01. The number of carbonyl (C=O) groups is 1. The fourth-order valence-electron chi connectivity index (χ4n) is 3.39. The number of alkyl halides is 3. The maximum absolute atomic E-state index is 12.9. The van der Waals surface area contributed by atoms with Crippen LogP contribution in [0.4, 0.5) is 29.3 Å². The molecule has 0 spiro atoms. The highest BCUT2D eigenvalue weighted by Gasteiger charge is 2.30. The van der Waals surface area contributed by atoms with Gasteiger partial charge in [0.2, 0.25) is 0 Å². The highest BCUT2D eigenvalue weighted by Crippen LogP contribution is 2.30. The van der Waals surface area contributed by atoms with E-state index in [-0.39, 0.29) is 16.8 Å². The maximum Gasteiger partial charge on any atom is 0.416 e. The van der Waals surface area contributed by atoms with Crippen LogP contribution >= 0.6 is 0 Å². The molecular formula is C24H16F3N5O2. The van der Waals surface area contributed by atoms with E-state index in [9.17, 15) is 22.8 Å². The summed E-state index contributed by atoms with van der Waals surface area (Å²) < 4.78 is 38.6. The number of hydrogen-bond donors (Lipinski definition) is 3. The zero-order valence-electron chi connectivity index (χ0n) is 17.4. The Labute approximate surface area is 190 Å². The molecule has 1 aromatic heterocycles. The van der Waals surface area contributed by atoms with E-state index in [1.165, 1.54) is 18.2 Å². The molecule has 7 nitrogen and oxygen atoms in total. The molecule has 2 amide bonds. The van der Waals surface area contributed by atoms with E-state index in [1.54, 1.807) is 36.4 Å². The van der Waals surface area contributed by atoms with Crippen LogP contribution in [-0.2, 0) is 12.6 Å². The van der Waals surface area contributed by atoms with Gasteiger partial charge in [0.05, 0.1) is 28.3 Å². The van der Waals surface area contributed by atoms with E-state index < -0.39 is 23.3 Å². The summed E-state index contributed by atoms with van der Waals surface area (Å²) >= 11 is 0. The number of fused-ring (bicyclic) bond motifs is 1. The van der Waals surface area contributed by atoms with Crippen LogP contribution in [0.3, 0.4) is 0 Å². The molecule has 0 aliphatic carbocycles. The first-order chi connectivity index (χ1) is 16.2. The van der Waals surface area contributed by atoms with E-state index in [0.29, 0.717) is 23.1 Å². The first-order valence-electron chi connectivity index (χ1n) is 9.98. The van der Waals surface area contributed by atoms with Crippen LogP contribution in [0.2, 0.25) is 0 Å². The highest BCUT2D eigenvalue weighted by atomic mass is 19.4. The lowest BCUT2D eigenvalue weighted by molar-refractivity contribution is -0.137. The van der Waals surface area contributed by atoms with Crippen molar-refractivity contribution in [2.45, 2.75) is 12.6 Å². The predicted molar refractivity (Wildman–Crippen MR) is 120 cm³/mol. The molecule has 0 bridgehead atoms. The molecule has 0 aliphatic rings. The normalized spacial score (nSPS) is 11.1. The number of anilines is 2. The van der Waals surface area contributed by atoms with Gasteiger partial charge in [-0.05, 0) is 48.0 Å². The number of nitrogens with one attached hydrogen (secondary N) is 3. The summed E-state index contributed by atoms with van der Waals surface area (Å²) in [5, 5.41) is 21.2. The number of rotatable bonds is 4. The summed E-state index contributed by atoms with van der Waals surface area (Å²) in [5.41, 5.74) is 0.923. The molecule has 4 rings (SSSR count). The molecule has 34 heavy (non-hydrogen) atoms. The summed E-state index contributed by atoms with van der Waals surface area (Å²) in [7, 11) is 0. The lowest BCUT2D eigenvalue weighted by atomic mass is 10.0. The van der Waals surface area contributed by atoms with Gasteiger partial charge < -0.3 is 10.6 Å². The van der Waals surface area contributed by atoms with Crippen molar-refractivity contribution in [1.29, 1.82) is 5.26 Å². The second-order valence-electron chi connectivity index (χ2n) is 7.40. The molecule has 0 saturated heterocycles. The van der Waals surface area contributed by atoms with Crippen LogP contribution in [-0.4, -0.2) is 16.2 Å². The minimum Gasteiger partial charge on any atom is -0.308 e. The molecule has 0 fully saturated rings. The second kappa shape index (κ2) is 9.07. The molecule has 4 aromatic rings. The molecule has 0 unspecified atom stereocenters. The van der Waals surface area contributed by atoms with E-state index in [4.69, 9.17) is 5.26 Å². The van der Waals surface area contributed by atoms with Gasteiger partial charge in [0, 0.05) is 23.2 Å². The molecule has 170 valence electrons. The number of nitrogens with zero attached hydrogens (tertiary/aromatic N) is 2. The van der Waals surface area contributed by atoms with Gasteiger partial charge in [-0.25, -0.2) is 9.89 Å². The summed E-state index contributed by atoms with van der Waals surface area (Å²) in [5.74, 6) is 0. The summed E-state index contributed by atoms with van der Waals surface area (Å²) in [4.78, 5) is 24.6. The van der Waals surface area contributed by atoms with Crippen LogP contribution in [0.15, 0.2) is 71.5 Å². The fourth-order valence-corrected chi connectivity index (χ4v) is 3.39. The number of nitriles is 1. The second-order valence-corrected chi connectivity index (χ2v) is 7.40.